The van der Waals surface area contributed by atoms with Crippen LogP contribution < -0.4 is 5.73 Å². The molecule has 0 saturated heterocycles. The summed E-state index contributed by atoms with van der Waals surface area (Å²) < 4.78 is 13.4. The van der Waals surface area contributed by atoms with Crippen LogP contribution >= 0.6 is 0 Å². The highest BCUT2D eigenvalue weighted by Gasteiger charge is 2.37. The number of hydrogen-bond acceptors (Lipinski definition) is 1. The fraction of sp³-hybridized carbons (Fsp3) is 1.00. The number of nitrogens with two attached hydrogens (primary N) is 1. The molecule has 1 unspecified atom stereocenters. The van der Waals surface area contributed by atoms with Crippen LogP contribution in [-0.2, 0) is 0 Å². The normalized spacial score (nSPS) is 22.9. The molecule has 0 aromatic rings. The van der Waals surface area contributed by atoms with E-state index in [9.17, 15) is 4.39 Å². The van der Waals surface area contributed by atoms with Crippen molar-refractivity contribution < 1.29 is 4.39 Å². The van der Waals surface area contributed by atoms with E-state index in [2.05, 4.69) is 0 Å². The molecule has 11 heavy (non-hydrogen) atoms. The molecule has 2 N–H and O–H groups in total. The van der Waals surface area contributed by atoms with Crippen molar-refractivity contribution in [2.24, 2.45) is 17.6 Å². The largest absolute Gasteiger partial charge is 0.330 e. The van der Waals surface area contributed by atoms with Crippen molar-refractivity contribution in [1.29, 1.82) is 0 Å². The van der Waals surface area contributed by atoms with Gasteiger partial charge in [0.2, 0.25) is 0 Å². The van der Waals surface area contributed by atoms with Gasteiger partial charge in [0.1, 0.15) is 5.67 Å². The second kappa shape index (κ2) is 3.10. The summed E-state index contributed by atoms with van der Waals surface area (Å²) in [5.74, 6) is 0.635. The zero-order chi connectivity index (χ0) is 8.48. The minimum Gasteiger partial charge on any atom is -0.330 e. The van der Waals surface area contributed by atoms with Gasteiger partial charge in [-0.1, -0.05) is 19.3 Å². The summed E-state index contributed by atoms with van der Waals surface area (Å²) in [5.41, 5.74) is 4.45. The third-order valence-corrected chi connectivity index (χ3v) is 2.85. The van der Waals surface area contributed by atoms with Crippen LogP contribution in [0.3, 0.4) is 0 Å². The Labute approximate surface area is 68.2 Å². The predicted octanol–water partition coefficient (Wildman–Crippen LogP) is 2.11. The van der Waals surface area contributed by atoms with Gasteiger partial charge in [-0.3, -0.25) is 0 Å². The zero-order valence-electron chi connectivity index (χ0n) is 7.44. The highest BCUT2D eigenvalue weighted by Crippen LogP contribution is 2.39. The van der Waals surface area contributed by atoms with Gasteiger partial charge in [-0.2, -0.15) is 0 Å². The van der Waals surface area contributed by atoms with E-state index in [1.165, 1.54) is 19.3 Å². The van der Waals surface area contributed by atoms with E-state index in [-0.39, 0.29) is 5.92 Å². The number of alkyl halides is 1. The van der Waals surface area contributed by atoms with Gasteiger partial charge < -0.3 is 5.73 Å². The van der Waals surface area contributed by atoms with E-state index in [0.29, 0.717) is 12.5 Å². The van der Waals surface area contributed by atoms with Crippen LogP contribution in [0.15, 0.2) is 0 Å². The fourth-order valence-electron chi connectivity index (χ4n) is 1.88. The summed E-state index contributed by atoms with van der Waals surface area (Å²) in [6.07, 6.45) is 3.61. The van der Waals surface area contributed by atoms with Crippen molar-refractivity contribution in [2.75, 3.05) is 6.54 Å². The molecule has 66 valence electrons. The molecule has 1 aliphatic carbocycles. The van der Waals surface area contributed by atoms with Gasteiger partial charge in [-0.15, -0.1) is 0 Å². The molecule has 0 aliphatic heterocycles. The molecule has 0 radical (unpaired) electrons. The lowest BCUT2D eigenvalue weighted by Crippen LogP contribution is -2.40. The van der Waals surface area contributed by atoms with Gasteiger partial charge in [0.25, 0.3) is 0 Å². The fourth-order valence-corrected chi connectivity index (χ4v) is 1.88. The minimum absolute atomic E-state index is 0.0799. The van der Waals surface area contributed by atoms with Gasteiger partial charge in [0.15, 0.2) is 0 Å². The standard InChI is InChI=1S/C9H18FN/c1-9(2,10)8(6-11)7-4-3-5-7/h7-8H,3-6,11H2,1-2H3. The Morgan fingerprint density at radius 3 is 2.18 bits per heavy atom. The summed E-state index contributed by atoms with van der Waals surface area (Å²) in [5, 5.41) is 0. The van der Waals surface area contributed by atoms with Gasteiger partial charge in [0, 0.05) is 5.92 Å². The van der Waals surface area contributed by atoms with Crippen LogP contribution in [0.1, 0.15) is 33.1 Å². The molecule has 0 aromatic carbocycles. The molecular weight excluding hydrogens is 141 g/mol. The maximum atomic E-state index is 13.4. The summed E-state index contributed by atoms with van der Waals surface area (Å²) in [6, 6.07) is 0. The zero-order valence-corrected chi connectivity index (χ0v) is 7.44. The molecule has 1 atom stereocenters. The number of halogens is 1. The Balaban J connectivity index is 2.48. The quantitative estimate of drug-likeness (QED) is 0.670. The van der Waals surface area contributed by atoms with E-state index in [1.807, 2.05) is 0 Å². The predicted molar refractivity (Wildman–Crippen MR) is 45.1 cm³/mol. The second-order valence-corrected chi connectivity index (χ2v) is 4.10. The van der Waals surface area contributed by atoms with Crippen molar-refractivity contribution in [3.05, 3.63) is 0 Å². The van der Waals surface area contributed by atoms with Crippen molar-refractivity contribution >= 4 is 0 Å². The summed E-state index contributed by atoms with van der Waals surface area (Å²) in [4.78, 5) is 0. The molecule has 0 aromatic heterocycles. The molecule has 1 aliphatic rings. The molecule has 2 heteroatoms. The molecule has 0 amide bonds. The summed E-state index contributed by atoms with van der Waals surface area (Å²) in [6.45, 7) is 3.78. The third-order valence-electron chi connectivity index (χ3n) is 2.85. The average Bonchev–Trinajstić information content (AvgIpc) is 1.74. The monoisotopic (exact) mass is 159 g/mol. The second-order valence-electron chi connectivity index (χ2n) is 4.10. The van der Waals surface area contributed by atoms with Crippen LogP contribution in [0.5, 0.6) is 0 Å². The molecule has 1 rings (SSSR count). The number of hydrogen-bond donors (Lipinski definition) is 1. The Morgan fingerprint density at radius 2 is 2.09 bits per heavy atom. The lowest BCUT2D eigenvalue weighted by atomic mass is 9.70. The Morgan fingerprint density at radius 1 is 1.55 bits per heavy atom. The first-order valence-electron chi connectivity index (χ1n) is 4.44. The van der Waals surface area contributed by atoms with E-state index in [4.69, 9.17) is 5.73 Å². The van der Waals surface area contributed by atoms with Crippen LogP contribution in [-0.4, -0.2) is 12.2 Å². The van der Waals surface area contributed by atoms with E-state index in [0.717, 1.165) is 0 Å². The molecule has 0 bridgehead atoms. The lowest BCUT2D eigenvalue weighted by Gasteiger charge is -2.38. The van der Waals surface area contributed by atoms with Gasteiger partial charge in [-0.25, -0.2) is 4.39 Å². The number of rotatable bonds is 3. The lowest BCUT2D eigenvalue weighted by molar-refractivity contribution is 0.0500. The molecule has 0 spiro atoms. The smallest absolute Gasteiger partial charge is 0.109 e. The molecule has 1 nitrogen and oxygen atoms in total. The Kier molecular flexibility index (Phi) is 2.53. The average molecular weight is 159 g/mol. The highest BCUT2D eigenvalue weighted by molar-refractivity contribution is 4.88. The van der Waals surface area contributed by atoms with Crippen LogP contribution in [0.4, 0.5) is 4.39 Å². The first-order valence-corrected chi connectivity index (χ1v) is 4.44. The summed E-state index contributed by atoms with van der Waals surface area (Å²) in [7, 11) is 0. The van der Waals surface area contributed by atoms with Crippen LogP contribution in [0, 0.1) is 11.8 Å². The molecule has 1 saturated carbocycles. The van der Waals surface area contributed by atoms with Crippen molar-refractivity contribution in [3.63, 3.8) is 0 Å². The van der Waals surface area contributed by atoms with Crippen molar-refractivity contribution in [2.45, 2.75) is 38.8 Å². The molecule has 0 heterocycles. The van der Waals surface area contributed by atoms with Crippen molar-refractivity contribution in [3.8, 4) is 0 Å². The SMILES string of the molecule is CC(C)(F)C(CN)C1CCC1. The van der Waals surface area contributed by atoms with E-state index < -0.39 is 5.67 Å². The first kappa shape index (κ1) is 8.98. The van der Waals surface area contributed by atoms with Gasteiger partial charge in [-0.05, 0) is 26.3 Å². The Bertz CT molecular complexity index is 124. The maximum absolute atomic E-state index is 13.4. The van der Waals surface area contributed by atoms with Crippen LogP contribution in [0.25, 0.3) is 0 Å². The maximum Gasteiger partial charge on any atom is 0.109 e. The molecule has 1 fully saturated rings. The highest BCUT2D eigenvalue weighted by atomic mass is 19.1. The van der Waals surface area contributed by atoms with Gasteiger partial charge >= 0.3 is 0 Å². The third kappa shape index (κ3) is 1.92. The van der Waals surface area contributed by atoms with E-state index in [1.54, 1.807) is 13.8 Å². The summed E-state index contributed by atoms with van der Waals surface area (Å²) >= 11 is 0. The Hall–Kier alpha value is -0.110. The van der Waals surface area contributed by atoms with Crippen LogP contribution in [0.2, 0.25) is 0 Å². The molecular formula is C9H18FN. The first-order chi connectivity index (χ1) is 5.05. The van der Waals surface area contributed by atoms with Gasteiger partial charge in [0.05, 0.1) is 0 Å². The topological polar surface area (TPSA) is 26.0 Å². The van der Waals surface area contributed by atoms with Crippen molar-refractivity contribution in [1.82, 2.24) is 0 Å². The van der Waals surface area contributed by atoms with E-state index >= 15 is 0 Å². The minimum atomic E-state index is -1.08.